The van der Waals surface area contributed by atoms with Gasteiger partial charge < -0.3 is 15.4 Å². The number of halogens is 1. The SMILES string of the molecule is Cc1nc(Cl)ccc1NC(=O)c1cccc2c1OCCN2. The van der Waals surface area contributed by atoms with Gasteiger partial charge in [0.1, 0.15) is 11.8 Å². The van der Waals surface area contributed by atoms with Gasteiger partial charge in [0.05, 0.1) is 22.6 Å². The fourth-order valence-corrected chi connectivity index (χ4v) is 2.39. The standard InChI is InChI=1S/C15H14ClN3O2/c1-9-11(5-6-13(16)18-9)19-15(20)10-3-2-4-12-14(10)21-8-7-17-12/h2-6,17H,7-8H2,1H3,(H,19,20). The Morgan fingerprint density at radius 2 is 2.24 bits per heavy atom. The highest BCUT2D eigenvalue weighted by molar-refractivity contribution is 6.29. The third-order valence-electron chi connectivity index (χ3n) is 3.22. The number of aryl methyl sites for hydroxylation is 1. The Kier molecular flexibility index (Phi) is 3.66. The summed E-state index contributed by atoms with van der Waals surface area (Å²) in [5.74, 6) is 0.351. The van der Waals surface area contributed by atoms with Crippen LogP contribution in [0.3, 0.4) is 0 Å². The second kappa shape index (κ2) is 5.61. The van der Waals surface area contributed by atoms with Gasteiger partial charge in [-0.05, 0) is 31.2 Å². The molecule has 1 aromatic carbocycles. The maximum absolute atomic E-state index is 12.4. The number of pyridine rings is 1. The Morgan fingerprint density at radius 3 is 3.05 bits per heavy atom. The molecule has 0 atom stereocenters. The van der Waals surface area contributed by atoms with Crippen LogP contribution < -0.4 is 15.4 Å². The van der Waals surface area contributed by atoms with Crippen molar-refractivity contribution < 1.29 is 9.53 Å². The molecule has 0 unspecified atom stereocenters. The average Bonchev–Trinajstić information content (AvgIpc) is 2.49. The van der Waals surface area contributed by atoms with Gasteiger partial charge in [0, 0.05) is 6.54 Å². The number of hydrogen-bond donors (Lipinski definition) is 2. The number of fused-ring (bicyclic) bond motifs is 1. The van der Waals surface area contributed by atoms with Crippen LogP contribution in [0, 0.1) is 6.92 Å². The van der Waals surface area contributed by atoms with Crippen molar-refractivity contribution in [2.45, 2.75) is 6.92 Å². The minimum atomic E-state index is -0.234. The van der Waals surface area contributed by atoms with Gasteiger partial charge in [-0.2, -0.15) is 0 Å². The highest BCUT2D eigenvalue weighted by Gasteiger charge is 2.19. The summed E-state index contributed by atoms with van der Waals surface area (Å²) in [5, 5.41) is 6.44. The summed E-state index contributed by atoms with van der Waals surface area (Å²) >= 11 is 5.81. The zero-order valence-corrected chi connectivity index (χ0v) is 12.2. The topological polar surface area (TPSA) is 63.2 Å². The molecule has 2 aromatic rings. The predicted octanol–water partition coefficient (Wildman–Crippen LogP) is 3.10. The van der Waals surface area contributed by atoms with Crippen molar-refractivity contribution in [3.8, 4) is 5.75 Å². The van der Waals surface area contributed by atoms with Gasteiger partial charge in [-0.1, -0.05) is 17.7 Å². The molecular weight excluding hydrogens is 290 g/mol. The van der Waals surface area contributed by atoms with Crippen molar-refractivity contribution in [1.82, 2.24) is 4.98 Å². The summed E-state index contributed by atoms with van der Waals surface area (Å²) in [6.45, 7) is 3.07. The molecule has 21 heavy (non-hydrogen) atoms. The predicted molar refractivity (Wildman–Crippen MR) is 82.4 cm³/mol. The maximum atomic E-state index is 12.4. The summed E-state index contributed by atoms with van der Waals surface area (Å²) in [7, 11) is 0. The molecule has 3 rings (SSSR count). The van der Waals surface area contributed by atoms with E-state index in [2.05, 4.69) is 15.6 Å². The molecule has 6 heteroatoms. The fraction of sp³-hybridized carbons (Fsp3) is 0.200. The van der Waals surface area contributed by atoms with E-state index < -0.39 is 0 Å². The molecule has 108 valence electrons. The Balaban J connectivity index is 1.89. The van der Waals surface area contributed by atoms with Crippen molar-refractivity contribution in [3.63, 3.8) is 0 Å². The van der Waals surface area contributed by atoms with Crippen LogP contribution in [-0.4, -0.2) is 24.0 Å². The third-order valence-corrected chi connectivity index (χ3v) is 3.43. The van der Waals surface area contributed by atoms with E-state index in [0.29, 0.717) is 34.5 Å². The normalized spacial score (nSPS) is 12.9. The summed E-state index contributed by atoms with van der Waals surface area (Å²) in [4.78, 5) is 16.6. The lowest BCUT2D eigenvalue weighted by Crippen LogP contribution is -2.22. The van der Waals surface area contributed by atoms with E-state index >= 15 is 0 Å². The Bertz CT molecular complexity index is 703. The minimum absolute atomic E-state index is 0.234. The number of rotatable bonds is 2. The zero-order valence-electron chi connectivity index (χ0n) is 11.4. The van der Waals surface area contributed by atoms with E-state index in [-0.39, 0.29) is 5.91 Å². The summed E-state index contributed by atoms with van der Waals surface area (Å²) in [5.41, 5.74) is 2.62. The fourth-order valence-electron chi connectivity index (χ4n) is 2.20. The number of carbonyl (C=O) groups excluding carboxylic acids is 1. The van der Waals surface area contributed by atoms with Crippen LogP contribution in [0.1, 0.15) is 16.1 Å². The van der Waals surface area contributed by atoms with Crippen LogP contribution in [0.4, 0.5) is 11.4 Å². The highest BCUT2D eigenvalue weighted by atomic mass is 35.5. The summed E-state index contributed by atoms with van der Waals surface area (Å²) in [6.07, 6.45) is 0. The van der Waals surface area contributed by atoms with Crippen molar-refractivity contribution in [1.29, 1.82) is 0 Å². The number of benzene rings is 1. The van der Waals surface area contributed by atoms with Crippen LogP contribution in [0.25, 0.3) is 0 Å². The number of para-hydroxylation sites is 1. The Morgan fingerprint density at radius 1 is 1.38 bits per heavy atom. The quantitative estimate of drug-likeness (QED) is 0.837. The Labute approximate surface area is 127 Å². The van der Waals surface area contributed by atoms with Gasteiger partial charge >= 0.3 is 0 Å². The molecule has 0 spiro atoms. The van der Waals surface area contributed by atoms with Gasteiger partial charge in [-0.15, -0.1) is 0 Å². The molecule has 1 amide bonds. The molecule has 1 aliphatic rings. The third kappa shape index (κ3) is 2.78. The van der Waals surface area contributed by atoms with E-state index in [1.54, 1.807) is 25.1 Å². The van der Waals surface area contributed by atoms with E-state index in [1.165, 1.54) is 0 Å². The van der Waals surface area contributed by atoms with Crippen LogP contribution in [0.5, 0.6) is 5.75 Å². The van der Waals surface area contributed by atoms with Crippen LogP contribution in [0.2, 0.25) is 5.15 Å². The molecule has 0 radical (unpaired) electrons. The molecule has 0 saturated heterocycles. The largest absolute Gasteiger partial charge is 0.489 e. The number of anilines is 2. The summed E-state index contributed by atoms with van der Waals surface area (Å²) < 4.78 is 5.60. The molecule has 0 bridgehead atoms. The second-order valence-corrected chi connectivity index (χ2v) is 5.07. The first-order valence-corrected chi connectivity index (χ1v) is 6.97. The molecule has 5 nitrogen and oxygen atoms in total. The second-order valence-electron chi connectivity index (χ2n) is 4.68. The van der Waals surface area contributed by atoms with Crippen molar-refractivity contribution >= 4 is 28.9 Å². The monoisotopic (exact) mass is 303 g/mol. The first kappa shape index (κ1) is 13.7. The van der Waals surface area contributed by atoms with Crippen molar-refractivity contribution in [2.75, 3.05) is 23.8 Å². The number of hydrogen-bond acceptors (Lipinski definition) is 4. The van der Waals surface area contributed by atoms with E-state index in [0.717, 1.165) is 12.2 Å². The average molecular weight is 304 g/mol. The van der Waals surface area contributed by atoms with Crippen molar-refractivity contribution in [3.05, 3.63) is 46.7 Å². The molecule has 0 saturated carbocycles. The van der Waals surface area contributed by atoms with Gasteiger partial charge in [-0.3, -0.25) is 4.79 Å². The van der Waals surface area contributed by atoms with Crippen LogP contribution in [-0.2, 0) is 0 Å². The highest BCUT2D eigenvalue weighted by Crippen LogP contribution is 2.31. The number of ether oxygens (including phenoxy) is 1. The molecular formula is C15H14ClN3O2. The number of aromatic nitrogens is 1. The van der Waals surface area contributed by atoms with Crippen LogP contribution in [0.15, 0.2) is 30.3 Å². The van der Waals surface area contributed by atoms with Gasteiger partial charge in [0.25, 0.3) is 5.91 Å². The van der Waals surface area contributed by atoms with E-state index in [9.17, 15) is 4.79 Å². The first-order valence-electron chi connectivity index (χ1n) is 6.59. The van der Waals surface area contributed by atoms with Crippen molar-refractivity contribution in [2.24, 2.45) is 0 Å². The number of nitrogens with one attached hydrogen (secondary N) is 2. The molecule has 2 heterocycles. The minimum Gasteiger partial charge on any atom is -0.489 e. The lowest BCUT2D eigenvalue weighted by Gasteiger charge is -2.21. The van der Waals surface area contributed by atoms with Gasteiger partial charge in [0.2, 0.25) is 0 Å². The van der Waals surface area contributed by atoms with E-state index in [1.807, 2.05) is 12.1 Å². The molecule has 0 fully saturated rings. The molecule has 2 N–H and O–H groups in total. The number of nitrogens with zero attached hydrogens (tertiary/aromatic N) is 1. The first-order chi connectivity index (χ1) is 10.1. The molecule has 1 aromatic heterocycles. The van der Waals surface area contributed by atoms with Crippen LogP contribution >= 0.6 is 11.6 Å². The summed E-state index contributed by atoms with van der Waals surface area (Å²) in [6, 6.07) is 8.82. The maximum Gasteiger partial charge on any atom is 0.259 e. The van der Waals surface area contributed by atoms with E-state index in [4.69, 9.17) is 16.3 Å². The molecule has 0 aliphatic carbocycles. The number of carbonyl (C=O) groups is 1. The lowest BCUT2D eigenvalue weighted by atomic mass is 10.1. The van der Waals surface area contributed by atoms with Gasteiger partial charge in [-0.25, -0.2) is 4.98 Å². The smallest absolute Gasteiger partial charge is 0.259 e. The number of amides is 1. The molecule has 1 aliphatic heterocycles. The lowest BCUT2D eigenvalue weighted by molar-refractivity contribution is 0.102. The van der Waals surface area contributed by atoms with Gasteiger partial charge in [0.15, 0.2) is 5.75 Å². The zero-order chi connectivity index (χ0) is 14.8. The Hall–Kier alpha value is -2.27.